The second-order valence-electron chi connectivity index (χ2n) is 2.97. The molecule has 2 amide bonds. The van der Waals surface area contributed by atoms with Gasteiger partial charge in [0.15, 0.2) is 0 Å². The van der Waals surface area contributed by atoms with Gasteiger partial charge in [0.25, 0.3) is 0 Å². The average molecular weight is 210 g/mol. The molecule has 0 saturated carbocycles. The lowest BCUT2D eigenvalue weighted by molar-refractivity contribution is -0.116. The summed E-state index contributed by atoms with van der Waals surface area (Å²) in [6.07, 6.45) is 0.773. The van der Waals surface area contributed by atoms with Crippen molar-refractivity contribution in [1.82, 2.24) is 0 Å². The molecule has 5 nitrogen and oxygen atoms in total. The highest BCUT2D eigenvalue weighted by atomic mass is 16.4. The molecule has 0 aliphatic rings. The van der Waals surface area contributed by atoms with Crippen LogP contribution in [0.3, 0.4) is 0 Å². The minimum absolute atomic E-state index is 0.127. The highest BCUT2D eigenvalue weighted by Gasteiger charge is 2.06. The van der Waals surface area contributed by atoms with Gasteiger partial charge in [-0.2, -0.15) is 0 Å². The van der Waals surface area contributed by atoms with E-state index in [0.717, 1.165) is 0 Å². The van der Waals surface area contributed by atoms with Gasteiger partial charge in [0, 0.05) is 25.0 Å². The Morgan fingerprint density at radius 1 is 1.07 bits per heavy atom. The van der Waals surface area contributed by atoms with Gasteiger partial charge in [-0.1, -0.05) is 13.8 Å². The third-order valence-corrected chi connectivity index (χ3v) is 1.77. The summed E-state index contributed by atoms with van der Waals surface area (Å²) < 4.78 is 5.16. The van der Waals surface area contributed by atoms with Gasteiger partial charge in [0.1, 0.15) is 0 Å². The molecule has 5 heteroatoms. The number of carbonyl (C=O) groups excluding carboxylic acids is 2. The molecule has 15 heavy (non-hydrogen) atoms. The number of hydrogen-bond acceptors (Lipinski definition) is 3. The summed E-state index contributed by atoms with van der Waals surface area (Å²) in [4.78, 5) is 22.0. The molecule has 0 saturated heterocycles. The van der Waals surface area contributed by atoms with Crippen LogP contribution in [0.15, 0.2) is 16.5 Å². The minimum Gasteiger partial charge on any atom is -0.425 e. The van der Waals surface area contributed by atoms with Crippen LogP contribution in [0, 0.1) is 0 Å². The maximum atomic E-state index is 11.0. The van der Waals surface area contributed by atoms with Crippen molar-refractivity contribution >= 4 is 23.6 Å². The van der Waals surface area contributed by atoms with E-state index in [2.05, 4.69) is 10.6 Å². The van der Waals surface area contributed by atoms with Gasteiger partial charge in [-0.25, -0.2) is 0 Å². The second kappa shape index (κ2) is 5.19. The number of furan rings is 1. The molecule has 2 N–H and O–H groups in total. The summed E-state index contributed by atoms with van der Waals surface area (Å²) in [6.45, 7) is 3.50. The first-order chi connectivity index (χ1) is 7.15. The fourth-order valence-corrected chi connectivity index (χ4v) is 0.924. The molecular weight excluding hydrogens is 196 g/mol. The predicted molar refractivity (Wildman–Crippen MR) is 56.5 cm³/mol. The molecule has 0 unspecified atom stereocenters. The van der Waals surface area contributed by atoms with Crippen molar-refractivity contribution in [3.8, 4) is 0 Å². The maximum Gasteiger partial charge on any atom is 0.226 e. The van der Waals surface area contributed by atoms with Crippen LogP contribution in [0.5, 0.6) is 0 Å². The van der Waals surface area contributed by atoms with E-state index in [-0.39, 0.29) is 11.8 Å². The lowest BCUT2D eigenvalue weighted by Gasteiger charge is -1.99. The summed E-state index contributed by atoms with van der Waals surface area (Å²) >= 11 is 0. The Morgan fingerprint density at radius 3 is 1.80 bits per heavy atom. The number of nitrogens with one attached hydrogen (secondary N) is 2. The highest BCUT2D eigenvalue weighted by molar-refractivity contribution is 5.91. The van der Waals surface area contributed by atoms with Crippen molar-refractivity contribution in [2.45, 2.75) is 26.7 Å². The van der Waals surface area contributed by atoms with Crippen LogP contribution in [-0.2, 0) is 9.59 Å². The zero-order valence-corrected chi connectivity index (χ0v) is 8.79. The molecule has 1 heterocycles. The molecule has 82 valence electrons. The molecule has 1 rings (SSSR count). The summed E-state index contributed by atoms with van der Waals surface area (Å²) in [6, 6.07) is 3.19. The average Bonchev–Trinajstić information content (AvgIpc) is 2.65. The number of rotatable bonds is 4. The molecule has 1 aromatic heterocycles. The summed E-state index contributed by atoms with van der Waals surface area (Å²) in [5.74, 6) is 0.428. The Labute approximate surface area is 87.8 Å². The first-order valence-corrected chi connectivity index (χ1v) is 4.85. The van der Waals surface area contributed by atoms with Gasteiger partial charge in [0.05, 0.1) is 0 Å². The van der Waals surface area contributed by atoms with Crippen LogP contribution in [-0.4, -0.2) is 11.8 Å². The monoisotopic (exact) mass is 210 g/mol. The van der Waals surface area contributed by atoms with Gasteiger partial charge in [0.2, 0.25) is 23.6 Å². The quantitative estimate of drug-likeness (QED) is 0.798. The molecule has 0 aliphatic heterocycles. The van der Waals surface area contributed by atoms with Crippen LogP contribution in [0.4, 0.5) is 11.8 Å². The normalized spacial score (nSPS) is 9.73. The number of carbonyl (C=O) groups is 2. The van der Waals surface area contributed by atoms with E-state index < -0.39 is 0 Å². The SMILES string of the molecule is CCC(=O)Nc1ccc(NC(=O)CC)o1. The molecule has 1 aromatic rings. The van der Waals surface area contributed by atoms with Crippen molar-refractivity contribution in [2.24, 2.45) is 0 Å². The topological polar surface area (TPSA) is 71.3 Å². The predicted octanol–water partition coefficient (Wildman–Crippen LogP) is 1.98. The van der Waals surface area contributed by atoms with Crippen molar-refractivity contribution in [3.05, 3.63) is 12.1 Å². The van der Waals surface area contributed by atoms with E-state index in [4.69, 9.17) is 4.42 Å². The van der Waals surface area contributed by atoms with E-state index in [0.29, 0.717) is 24.6 Å². The largest absolute Gasteiger partial charge is 0.425 e. The van der Waals surface area contributed by atoms with Crippen LogP contribution in [0.25, 0.3) is 0 Å². The van der Waals surface area contributed by atoms with Gasteiger partial charge in [-0.15, -0.1) is 0 Å². The van der Waals surface area contributed by atoms with Gasteiger partial charge >= 0.3 is 0 Å². The molecule has 0 aliphatic carbocycles. The minimum atomic E-state index is -0.127. The number of hydrogen-bond donors (Lipinski definition) is 2. The van der Waals surface area contributed by atoms with Gasteiger partial charge < -0.3 is 4.42 Å². The van der Waals surface area contributed by atoms with E-state index in [1.807, 2.05) is 0 Å². The number of anilines is 2. The molecule has 0 radical (unpaired) electrons. The molecule has 0 aromatic carbocycles. The third-order valence-electron chi connectivity index (χ3n) is 1.77. The Balaban J connectivity index is 2.56. The van der Waals surface area contributed by atoms with Crippen molar-refractivity contribution in [3.63, 3.8) is 0 Å². The third kappa shape index (κ3) is 3.46. The molecule has 0 spiro atoms. The first kappa shape index (κ1) is 11.3. The summed E-state index contributed by atoms with van der Waals surface area (Å²) in [5, 5.41) is 5.09. The Morgan fingerprint density at radius 2 is 1.47 bits per heavy atom. The van der Waals surface area contributed by atoms with Gasteiger partial charge in [-0.05, 0) is 0 Å². The van der Waals surface area contributed by atoms with E-state index >= 15 is 0 Å². The summed E-state index contributed by atoms with van der Waals surface area (Å²) in [5.41, 5.74) is 0. The summed E-state index contributed by atoms with van der Waals surface area (Å²) in [7, 11) is 0. The standard InChI is InChI=1S/C10H14N2O3/c1-3-7(13)11-9-5-6-10(15-9)12-8(14)4-2/h5-6H,3-4H2,1-2H3,(H,11,13)(H,12,14). The van der Waals surface area contributed by atoms with Crippen molar-refractivity contribution in [2.75, 3.05) is 10.6 Å². The molecule has 0 fully saturated rings. The van der Waals surface area contributed by atoms with Crippen LogP contribution >= 0.6 is 0 Å². The molecule has 0 bridgehead atoms. The zero-order valence-electron chi connectivity index (χ0n) is 8.79. The Hall–Kier alpha value is -1.78. The van der Waals surface area contributed by atoms with Gasteiger partial charge in [-0.3, -0.25) is 20.2 Å². The highest BCUT2D eigenvalue weighted by Crippen LogP contribution is 2.18. The van der Waals surface area contributed by atoms with E-state index in [9.17, 15) is 9.59 Å². The fraction of sp³-hybridized carbons (Fsp3) is 0.400. The van der Waals surface area contributed by atoms with Crippen LogP contribution in [0.1, 0.15) is 26.7 Å². The van der Waals surface area contributed by atoms with Crippen LogP contribution in [0.2, 0.25) is 0 Å². The van der Waals surface area contributed by atoms with E-state index in [1.165, 1.54) is 0 Å². The smallest absolute Gasteiger partial charge is 0.226 e. The maximum absolute atomic E-state index is 11.0. The molecular formula is C10H14N2O3. The Kier molecular flexibility index (Phi) is 3.91. The lowest BCUT2D eigenvalue weighted by Crippen LogP contribution is -2.09. The number of amides is 2. The van der Waals surface area contributed by atoms with Crippen molar-refractivity contribution < 1.29 is 14.0 Å². The van der Waals surface area contributed by atoms with E-state index in [1.54, 1.807) is 26.0 Å². The lowest BCUT2D eigenvalue weighted by atomic mass is 10.4. The first-order valence-electron chi connectivity index (χ1n) is 4.85. The fourth-order valence-electron chi connectivity index (χ4n) is 0.924. The second-order valence-corrected chi connectivity index (χ2v) is 2.97. The zero-order chi connectivity index (χ0) is 11.3. The van der Waals surface area contributed by atoms with Crippen molar-refractivity contribution in [1.29, 1.82) is 0 Å². The Bertz CT molecular complexity index is 325. The molecule has 0 atom stereocenters. The van der Waals surface area contributed by atoms with Crippen LogP contribution < -0.4 is 10.6 Å².